The zero-order valence-electron chi connectivity index (χ0n) is 11.8. The van der Waals surface area contributed by atoms with Crippen molar-refractivity contribution in [1.82, 2.24) is 10.6 Å². The smallest absolute Gasteiger partial charge is 0.228 e. The first-order valence-electron chi connectivity index (χ1n) is 7.98. The molecule has 1 amide bonds. The second-order valence-corrected chi connectivity index (χ2v) is 6.74. The maximum atomic E-state index is 12.8. The highest BCUT2D eigenvalue weighted by Crippen LogP contribution is 2.44. The summed E-state index contributed by atoms with van der Waals surface area (Å²) in [6.45, 7) is 2.61. The van der Waals surface area contributed by atoms with Gasteiger partial charge in [0, 0.05) is 12.6 Å². The highest BCUT2D eigenvalue weighted by atomic mass is 16.2. The summed E-state index contributed by atoms with van der Waals surface area (Å²) in [4.78, 5) is 12.8. The maximum absolute atomic E-state index is 12.8. The number of nitrogens with one attached hydrogen (secondary N) is 2. The third-order valence-electron chi connectivity index (χ3n) is 5.77. The topological polar surface area (TPSA) is 67.1 Å². The molecule has 1 saturated heterocycles. The third-order valence-corrected chi connectivity index (χ3v) is 5.77. The average molecular weight is 265 g/mol. The van der Waals surface area contributed by atoms with Gasteiger partial charge in [-0.05, 0) is 50.6 Å². The fourth-order valence-electron chi connectivity index (χ4n) is 4.51. The summed E-state index contributed by atoms with van der Waals surface area (Å²) in [7, 11) is 0. The predicted octanol–water partition coefficient (Wildman–Crippen LogP) is 1.01. The molecular formula is C15H27N3O. The van der Waals surface area contributed by atoms with Crippen molar-refractivity contribution >= 4 is 5.91 Å². The number of hydrogen-bond donors (Lipinski definition) is 3. The highest BCUT2D eigenvalue weighted by molar-refractivity contribution is 5.84. The number of amides is 1. The van der Waals surface area contributed by atoms with E-state index in [4.69, 9.17) is 5.73 Å². The molecule has 0 bridgehead atoms. The molecule has 0 spiro atoms. The van der Waals surface area contributed by atoms with Gasteiger partial charge in [0.1, 0.15) is 0 Å². The lowest BCUT2D eigenvalue weighted by Crippen LogP contribution is -2.52. The molecular weight excluding hydrogens is 238 g/mol. The number of carbonyl (C=O) groups excluding carboxylic acids is 1. The SMILES string of the molecule is NCC1CCCC1NC(=O)[C@@]12CCCC[C@H]1CNC2. The Balaban J connectivity index is 1.68. The maximum Gasteiger partial charge on any atom is 0.228 e. The normalized spacial score (nSPS) is 42.1. The van der Waals surface area contributed by atoms with E-state index >= 15 is 0 Å². The van der Waals surface area contributed by atoms with Crippen LogP contribution in [-0.4, -0.2) is 31.6 Å². The van der Waals surface area contributed by atoms with E-state index in [1.807, 2.05) is 0 Å². The molecule has 4 nitrogen and oxygen atoms in total. The van der Waals surface area contributed by atoms with Gasteiger partial charge in [-0.25, -0.2) is 0 Å². The Morgan fingerprint density at radius 1 is 1.26 bits per heavy atom. The molecule has 0 aromatic carbocycles. The average Bonchev–Trinajstić information content (AvgIpc) is 3.04. The summed E-state index contributed by atoms with van der Waals surface area (Å²) in [5.74, 6) is 1.36. The molecule has 0 radical (unpaired) electrons. The van der Waals surface area contributed by atoms with Crippen molar-refractivity contribution in [2.75, 3.05) is 19.6 Å². The molecule has 3 fully saturated rings. The Hall–Kier alpha value is -0.610. The highest BCUT2D eigenvalue weighted by Gasteiger charge is 2.50. The minimum Gasteiger partial charge on any atom is -0.353 e. The Morgan fingerprint density at radius 2 is 2.16 bits per heavy atom. The van der Waals surface area contributed by atoms with Crippen LogP contribution in [0.15, 0.2) is 0 Å². The van der Waals surface area contributed by atoms with Gasteiger partial charge in [0.2, 0.25) is 5.91 Å². The molecule has 2 unspecified atom stereocenters. The summed E-state index contributed by atoms with van der Waals surface area (Å²) in [6.07, 6.45) is 8.27. The summed E-state index contributed by atoms with van der Waals surface area (Å²) in [5.41, 5.74) is 5.71. The second-order valence-electron chi connectivity index (χ2n) is 6.74. The van der Waals surface area contributed by atoms with E-state index in [2.05, 4.69) is 10.6 Å². The molecule has 4 atom stereocenters. The number of fused-ring (bicyclic) bond motifs is 1. The van der Waals surface area contributed by atoms with Crippen LogP contribution < -0.4 is 16.4 Å². The van der Waals surface area contributed by atoms with Gasteiger partial charge in [0.05, 0.1) is 5.41 Å². The van der Waals surface area contributed by atoms with Crippen molar-refractivity contribution < 1.29 is 4.79 Å². The largest absolute Gasteiger partial charge is 0.353 e. The molecule has 2 saturated carbocycles. The lowest BCUT2D eigenvalue weighted by atomic mass is 9.67. The zero-order valence-corrected chi connectivity index (χ0v) is 11.8. The van der Waals surface area contributed by atoms with Crippen molar-refractivity contribution in [2.45, 2.75) is 51.0 Å². The third kappa shape index (κ3) is 2.29. The van der Waals surface area contributed by atoms with E-state index in [1.165, 1.54) is 32.1 Å². The lowest BCUT2D eigenvalue weighted by molar-refractivity contribution is -0.135. The van der Waals surface area contributed by atoms with Gasteiger partial charge in [-0.2, -0.15) is 0 Å². The van der Waals surface area contributed by atoms with Crippen LogP contribution in [0.3, 0.4) is 0 Å². The number of nitrogens with two attached hydrogens (primary N) is 1. The Labute approximate surface area is 115 Å². The molecule has 4 heteroatoms. The quantitative estimate of drug-likeness (QED) is 0.713. The predicted molar refractivity (Wildman–Crippen MR) is 75.6 cm³/mol. The first kappa shape index (κ1) is 13.4. The summed E-state index contributed by atoms with van der Waals surface area (Å²) in [6, 6.07) is 0.329. The van der Waals surface area contributed by atoms with Crippen molar-refractivity contribution in [3.63, 3.8) is 0 Å². The molecule has 19 heavy (non-hydrogen) atoms. The Kier molecular flexibility index (Phi) is 3.81. The van der Waals surface area contributed by atoms with Crippen LogP contribution in [0.2, 0.25) is 0 Å². The number of hydrogen-bond acceptors (Lipinski definition) is 3. The van der Waals surface area contributed by atoms with E-state index < -0.39 is 0 Å². The van der Waals surface area contributed by atoms with Gasteiger partial charge >= 0.3 is 0 Å². The van der Waals surface area contributed by atoms with Crippen LogP contribution in [0.5, 0.6) is 0 Å². The molecule has 108 valence electrons. The van der Waals surface area contributed by atoms with E-state index in [0.717, 1.165) is 25.9 Å². The first-order chi connectivity index (χ1) is 9.26. The molecule has 3 aliphatic rings. The van der Waals surface area contributed by atoms with Crippen LogP contribution in [-0.2, 0) is 4.79 Å². The number of rotatable bonds is 3. The summed E-state index contributed by atoms with van der Waals surface area (Å²) >= 11 is 0. The van der Waals surface area contributed by atoms with Crippen LogP contribution in [0.1, 0.15) is 44.9 Å². The molecule has 4 N–H and O–H groups in total. The van der Waals surface area contributed by atoms with E-state index in [1.54, 1.807) is 0 Å². The number of carbonyl (C=O) groups is 1. The molecule has 1 aliphatic heterocycles. The van der Waals surface area contributed by atoms with Crippen molar-refractivity contribution in [3.8, 4) is 0 Å². The monoisotopic (exact) mass is 265 g/mol. The molecule has 1 heterocycles. The molecule has 2 aliphatic carbocycles. The van der Waals surface area contributed by atoms with E-state index in [-0.39, 0.29) is 5.41 Å². The standard InChI is InChI=1S/C15H27N3O/c16-8-11-4-3-6-13(11)18-14(19)15-7-2-1-5-12(15)9-17-10-15/h11-13,17H,1-10,16H2,(H,18,19)/t11?,12-,13?,15+/m0/s1. The van der Waals surface area contributed by atoms with Gasteiger partial charge in [0.25, 0.3) is 0 Å². The van der Waals surface area contributed by atoms with Gasteiger partial charge < -0.3 is 16.4 Å². The van der Waals surface area contributed by atoms with Gasteiger partial charge in [-0.15, -0.1) is 0 Å². The van der Waals surface area contributed by atoms with Gasteiger partial charge in [-0.1, -0.05) is 19.3 Å². The second kappa shape index (κ2) is 5.41. The first-order valence-corrected chi connectivity index (χ1v) is 7.98. The fraction of sp³-hybridized carbons (Fsp3) is 0.933. The van der Waals surface area contributed by atoms with Gasteiger partial charge in [-0.3, -0.25) is 4.79 Å². The Morgan fingerprint density at radius 3 is 3.00 bits per heavy atom. The fourth-order valence-corrected chi connectivity index (χ4v) is 4.51. The van der Waals surface area contributed by atoms with Crippen LogP contribution in [0.25, 0.3) is 0 Å². The van der Waals surface area contributed by atoms with Gasteiger partial charge in [0.15, 0.2) is 0 Å². The van der Waals surface area contributed by atoms with E-state index in [9.17, 15) is 4.79 Å². The molecule has 0 aromatic rings. The van der Waals surface area contributed by atoms with Crippen molar-refractivity contribution in [1.29, 1.82) is 0 Å². The van der Waals surface area contributed by atoms with Crippen LogP contribution in [0, 0.1) is 17.3 Å². The lowest BCUT2D eigenvalue weighted by Gasteiger charge is -2.38. The summed E-state index contributed by atoms with van der Waals surface area (Å²) < 4.78 is 0. The molecule has 3 rings (SSSR count). The summed E-state index contributed by atoms with van der Waals surface area (Å²) in [5, 5.41) is 6.80. The van der Waals surface area contributed by atoms with Crippen LogP contribution >= 0.6 is 0 Å². The van der Waals surface area contributed by atoms with Crippen molar-refractivity contribution in [2.24, 2.45) is 23.0 Å². The van der Waals surface area contributed by atoms with E-state index in [0.29, 0.717) is 30.3 Å². The zero-order chi connectivity index (χ0) is 13.3. The molecule has 0 aromatic heterocycles. The Bertz CT molecular complexity index is 346. The van der Waals surface area contributed by atoms with Crippen LogP contribution in [0.4, 0.5) is 0 Å². The van der Waals surface area contributed by atoms with Crippen molar-refractivity contribution in [3.05, 3.63) is 0 Å². The minimum absolute atomic E-state index is 0.111. The minimum atomic E-state index is -0.111.